The molecule has 0 atom stereocenters. The van der Waals surface area contributed by atoms with Gasteiger partial charge in [0, 0.05) is 26.5 Å². The molecule has 0 saturated heterocycles. The maximum atomic E-state index is 11.1. The zero-order chi connectivity index (χ0) is 9.68. The number of nitrogens with zero attached hydrogens (tertiary/aromatic N) is 3. The fraction of sp³-hybridized carbons (Fsp3) is 0.375. The van der Waals surface area contributed by atoms with Gasteiger partial charge in [0.2, 0.25) is 0 Å². The van der Waals surface area contributed by atoms with Crippen LogP contribution in [0, 0.1) is 0 Å². The van der Waals surface area contributed by atoms with Gasteiger partial charge in [-0.25, -0.2) is 4.79 Å². The van der Waals surface area contributed by atoms with Gasteiger partial charge in [-0.15, -0.1) is 0 Å². The van der Waals surface area contributed by atoms with Crippen LogP contribution in [-0.4, -0.2) is 35.0 Å². The lowest BCUT2D eigenvalue weighted by atomic mass is 10.4. The van der Waals surface area contributed by atoms with Crippen molar-refractivity contribution >= 4 is 6.03 Å². The number of urea groups is 1. The summed E-state index contributed by atoms with van der Waals surface area (Å²) in [7, 11) is 3.29. The van der Waals surface area contributed by atoms with Gasteiger partial charge in [-0.2, -0.15) is 0 Å². The fourth-order valence-corrected chi connectivity index (χ4v) is 0.917. The molecule has 1 heterocycles. The summed E-state index contributed by atoms with van der Waals surface area (Å²) in [5.74, 6) is 0. The minimum atomic E-state index is -0.134. The van der Waals surface area contributed by atoms with E-state index in [0.29, 0.717) is 6.54 Å². The van der Waals surface area contributed by atoms with E-state index in [4.69, 9.17) is 0 Å². The molecule has 0 aliphatic heterocycles. The smallest absolute Gasteiger partial charge is 0.317 e. The van der Waals surface area contributed by atoms with Crippen molar-refractivity contribution in [2.75, 3.05) is 14.1 Å². The second-order valence-electron chi connectivity index (χ2n) is 2.61. The minimum absolute atomic E-state index is 0.134. The van der Waals surface area contributed by atoms with Crippen LogP contribution in [0.5, 0.6) is 0 Å². The third-order valence-electron chi connectivity index (χ3n) is 1.58. The molecule has 13 heavy (non-hydrogen) atoms. The topological polar surface area (TPSA) is 58.1 Å². The maximum absolute atomic E-state index is 11.1. The van der Waals surface area contributed by atoms with Gasteiger partial charge in [0.05, 0.1) is 18.4 Å². The molecule has 0 unspecified atom stereocenters. The van der Waals surface area contributed by atoms with Crippen LogP contribution in [0.3, 0.4) is 0 Å². The Balaban J connectivity index is 2.55. The quantitative estimate of drug-likeness (QED) is 0.709. The van der Waals surface area contributed by atoms with Crippen LogP contribution in [0.4, 0.5) is 4.79 Å². The Hall–Kier alpha value is -1.65. The summed E-state index contributed by atoms with van der Waals surface area (Å²) in [5, 5.41) is 2.52. The van der Waals surface area contributed by atoms with E-state index in [-0.39, 0.29) is 6.03 Å². The van der Waals surface area contributed by atoms with E-state index in [2.05, 4.69) is 15.3 Å². The SMILES string of the molecule is CNC(=O)N(C)Cc1cnccn1. The first-order chi connectivity index (χ1) is 6.24. The number of amides is 2. The van der Waals surface area contributed by atoms with Crippen LogP contribution in [0.1, 0.15) is 5.69 Å². The number of carbonyl (C=O) groups is 1. The summed E-state index contributed by atoms with van der Waals surface area (Å²) in [6.45, 7) is 0.466. The van der Waals surface area contributed by atoms with Crippen LogP contribution in [0.2, 0.25) is 0 Å². The molecular weight excluding hydrogens is 168 g/mol. The first-order valence-electron chi connectivity index (χ1n) is 3.91. The number of carbonyl (C=O) groups excluding carboxylic acids is 1. The highest BCUT2D eigenvalue weighted by atomic mass is 16.2. The number of nitrogens with one attached hydrogen (secondary N) is 1. The first kappa shape index (κ1) is 9.44. The second-order valence-corrected chi connectivity index (χ2v) is 2.61. The van der Waals surface area contributed by atoms with Crippen LogP contribution in [0.25, 0.3) is 0 Å². The Kier molecular flexibility index (Phi) is 3.19. The van der Waals surface area contributed by atoms with E-state index in [0.717, 1.165) is 5.69 Å². The van der Waals surface area contributed by atoms with Gasteiger partial charge >= 0.3 is 6.03 Å². The van der Waals surface area contributed by atoms with E-state index in [1.54, 1.807) is 32.7 Å². The molecule has 0 aromatic carbocycles. The zero-order valence-corrected chi connectivity index (χ0v) is 7.69. The second kappa shape index (κ2) is 4.39. The fourth-order valence-electron chi connectivity index (χ4n) is 0.917. The Morgan fingerprint density at radius 3 is 2.92 bits per heavy atom. The predicted molar refractivity (Wildman–Crippen MR) is 48.0 cm³/mol. The molecule has 2 amide bonds. The summed E-state index contributed by atoms with van der Waals surface area (Å²) < 4.78 is 0. The van der Waals surface area contributed by atoms with Crippen molar-refractivity contribution in [1.82, 2.24) is 20.2 Å². The van der Waals surface area contributed by atoms with Gasteiger partial charge in [0.1, 0.15) is 0 Å². The van der Waals surface area contributed by atoms with E-state index >= 15 is 0 Å². The lowest BCUT2D eigenvalue weighted by Crippen LogP contribution is -2.34. The van der Waals surface area contributed by atoms with Crippen molar-refractivity contribution in [3.8, 4) is 0 Å². The maximum Gasteiger partial charge on any atom is 0.317 e. The molecule has 0 radical (unpaired) electrons. The third kappa shape index (κ3) is 2.70. The standard InChI is InChI=1S/C8H12N4O/c1-9-8(13)12(2)6-7-5-10-3-4-11-7/h3-5H,6H2,1-2H3,(H,9,13). The van der Waals surface area contributed by atoms with Gasteiger partial charge < -0.3 is 10.2 Å². The highest BCUT2D eigenvalue weighted by Crippen LogP contribution is 1.96. The summed E-state index contributed by atoms with van der Waals surface area (Å²) in [6, 6.07) is -0.134. The van der Waals surface area contributed by atoms with E-state index in [1.807, 2.05) is 0 Å². The van der Waals surface area contributed by atoms with Gasteiger partial charge in [-0.05, 0) is 0 Å². The Labute approximate surface area is 76.8 Å². The molecule has 1 aromatic rings. The Bertz CT molecular complexity index is 275. The average molecular weight is 180 g/mol. The van der Waals surface area contributed by atoms with E-state index in [1.165, 1.54) is 4.90 Å². The highest BCUT2D eigenvalue weighted by Gasteiger charge is 2.06. The van der Waals surface area contributed by atoms with Crippen LogP contribution in [-0.2, 0) is 6.54 Å². The average Bonchev–Trinajstić information content (AvgIpc) is 2.18. The molecule has 0 aliphatic carbocycles. The van der Waals surface area contributed by atoms with E-state index < -0.39 is 0 Å². The molecule has 1 N–H and O–H groups in total. The number of hydrogen-bond donors (Lipinski definition) is 1. The van der Waals surface area contributed by atoms with Crippen LogP contribution < -0.4 is 5.32 Å². The molecule has 1 aromatic heterocycles. The molecule has 0 aliphatic rings. The van der Waals surface area contributed by atoms with Gasteiger partial charge in [-0.3, -0.25) is 9.97 Å². The number of aromatic nitrogens is 2. The summed E-state index contributed by atoms with van der Waals surface area (Å²) in [4.78, 5) is 20.6. The van der Waals surface area contributed by atoms with Gasteiger partial charge in [0.15, 0.2) is 0 Å². The largest absolute Gasteiger partial charge is 0.341 e. The van der Waals surface area contributed by atoms with Gasteiger partial charge in [0.25, 0.3) is 0 Å². The normalized spacial score (nSPS) is 9.38. The lowest BCUT2D eigenvalue weighted by Gasteiger charge is -2.15. The molecule has 0 fully saturated rings. The molecule has 5 nitrogen and oxygen atoms in total. The van der Waals surface area contributed by atoms with Crippen molar-refractivity contribution in [3.63, 3.8) is 0 Å². The van der Waals surface area contributed by atoms with Gasteiger partial charge in [-0.1, -0.05) is 0 Å². The zero-order valence-electron chi connectivity index (χ0n) is 7.69. The summed E-state index contributed by atoms with van der Waals surface area (Å²) >= 11 is 0. The minimum Gasteiger partial charge on any atom is -0.341 e. The number of hydrogen-bond acceptors (Lipinski definition) is 3. The van der Waals surface area contributed by atoms with Crippen molar-refractivity contribution in [3.05, 3.63) is 24.3 Å². The number of rotatable bonds is 2. The first-order valence-corrected chi connectivity index (χ1v) is 3.91. The van der Waals surface area contributed by atoms with E-state index in [9.17, 15) is 4.79 Å². The molecule has 1 rings (SSSR count). The van der Waals surface area contributed by atoms with Crippen molar-refractivity contribution in [1.29, 1.82) is 0 Å². The highest BCUT2D eigenvalue weighted by molar-refractivity contribution is 5.73. The monoisotopic (exact) mass is 180 g/mol. The van der Waals surface area contributed by atoms with Crippen LogP contribution >= 0.6 is 0 Å². The Morgan fingerprint density at radius 2 is 2.38 bits per heavy atom. The van der Waals surface area contributed by atoms with Crippen molar-refractivity contribution in [2.24, 2.45) is 0 Å². The van der Waals surface area contributed by atoms with Crippen molar-refractivity contribution in [2.45, 2.75) is 6.54 Å². The summed E-state index contributed by atoms with van der Waals surface area (Å²) in [6.07, 6.45) is 4.84. The molecular formula is C8H12N4O. The molecule has 0 bridgehead atoms. The third-order valence-corrected chi connectivity index (χ3v) is 1.58. The lowest BCUT2D eigenvalue weighted by molar-refractivity contribution is 0.208. The molecule has 0 spiro atoms. The predicted octanol–water partition coefficient (Wildman–Crippen LogP) is 0.248. The molecule has 0 saturated carbocycles. The Morgan fingerprint density at radius 1 is 1.62 bits per heavy atom. The van der Waals surface area contributed by atoms with Crippen molar-refractivity contribution < 1.29 is 4.79 Å². The molecule has 5 heteroatoms. The van der Waals surface area contributed by atoms with Crippen LogP contribution in [0.15, 0.2) is 18.6 Å². The molecule has 70 valence electrons. The summed E-state index contributed by atoms with van der Waals surface area (Å²) in [5.41, 5.74) is 0.772.